The van der Waals surface area contributed by atoms with Crippen LogP contribution in [0.25, 0.3) is 0 Å². The second kappa shape index (κ2) is 6.12. The third-order valence-corrected chi connectivity index (χ3v) is 5.65. The molecule has 0 spiro atoms. The maximum atomic E-state index is 12.5. The number of rotatable bonds is 2. The van der Waals surface area contributed by atoms with E-state index < -0.39 is 10.8 Å². The molecule has 0 saturated heterocycles. The first kappa shape index (κ1) is 13.2. The lowest BCUT2D eigenvalue weighted by Gasteiger charge is -2.20. The summed E-state index contributed by atoms with van der Waals surface area (Å²) >= 11 is 3.42. The van der Waals surface area contributed by atoms with Gasteiger partial charge in [-0.2, -0.15) is 0 Å². The van der Waals surface area contributed by atoms with E-state index in [0.29, 0.717) is 0 Å². The molecule has 2 nitrogen and oxygen atoms in total. The molecule has 2 N–H and O–H groups in total. The lowest BCUT2D eigenvalue weighted by molar-refractivity contribution is 0.575. The maximum Gasteiger partial charge on any atom is 0.0576 e. The smallest absolute Gasteiger partial charge is 0.0576 e. The van der Waals surface area contributed by atoms with Crippen molar-refractivity contribution in [1.29, 1.82) is 0 Å². The van der Waals surface area contributed by atoms with Crippen molar-refractivity contribution in [3.05, 3.63) is 28.7 Å². The van der Waals surface area contributed by atoms with E-state index in [1.165, 1.54) is 12.8 Å². The van der Waals surface area contributed by atoms with E-state index in [1.807, 2.05) is 24.3 Å². The average Bonchev–Trinajstić information content (AvgIpc) is 2.53. The van der Waals surface area contributed by atoms with E-state index in [-0.39, 0.29) is 11.3 Å². The van der Waals surface area contributed by atoms with Crippen LogP contribution in [0.5, 0.6) is 0 Å². The van der Waals surface area contributed by atoms with Gasteiger partial charge < -0.3 is 5.73 Å². The number of benzene rings is 1. The van der Waals surface area contributed by atoms with Gasteiger partial charge in [0.25, 0.3) is 0 Å². The van der Waals surface area contributed by atoms with Crippen LogP contribution in [0.15, 0.2) is 33.6 Å². The summed E-state index contributed by atoms with van der Waals surface area (Å²) < 4.78 is 13.5. The summed E-state index contributed by atoms with van der Waals surface area (Å²) in [7, 11) is -0.976. The first-order valence-corrected chi connectivity index (χ1v) is 8.11. The number of halogens is 1. The van der Waals surface area contributed by atoms with Gasteiger partial charge in [-0.15, -0.1) is 0 Å². The standard InChI is InChI=1S/C13H18BrNOS/c14-10-5-4-6-11(9-10)17(16)13-8-3-1-2-7-12(13)15/h4-6,9,12-13H,1-3,7-8,15H2. The highest BCUT2D eigenvalue weighted by molar-refractivity contribution is 9.10. The van der Waals surface area contributed by atoms with Gasteiger partial charge in [-0.1, -0.05) is 41.3 Å². The Balaban J connectivity index is 2.18. The number of nitrogens with two attached hydrogens (primary N) is 1. The van der Waals surface area contributed by atoms with Gasteiger partial charge >= 0.3 is 0 Å². The molecule has 1 fully saturated rings. The van der Waals surface area contributed by atoms with Crippen LogP contribution in [-0.2, 0) is 10.8 Å². The first-order valence-electron chi connectivity index (χ1n) is 6.10. The fraction of sp³-hybridized carbons (Fsp3) is 0.538. The lowest BCUT2D eigenvalue weighted by atomic mass is 10.1. The van der Waals surface area contributed by atoms with Crippen molar-refractivity contribution in [3.8, 4) is 0 Å². The van der Waals surface area contributed by atoms with E-state index in [1.54, 1.807) is 0 Å². The van der Waals surface area contributed by atoms with E-state index >= 15 is 0 Å². The summed E-state index contributed by atoms with van der Waals surface area (Å²) in [5.41, 5.74) is 6.15. The largest absolute Gasteiger partial charge is 0.327 e. The van der Waals surface area contributed by atoms with E-state index in [2.05, 4.69) is 15.9 Å². The predicted molar refractivity (Wildman–Crippen MR) is 75.4 cm³/mol. The summed E-state index contributed by atoms with van der Waals surface area (Å²) in [4.78, 5) is 0.890. The van der Waals surface area contributed by atoms with Gasteiger partial charge in [0.1, 0.15) is 0 Å². The van der Waals surface area contributed by atoms with Crippen LogP contribution in [0, 0.1) is 0 Å². The van der Waals surface area contributed by atoms with E-state index in [9.17, 15) is 4.21 Å². The molecule has 0 aliphatic heterocycles. The van der Waals surface area contributed by atoms with Gasteiger partial charge in [-0.05, 0) is 31.0 Å². The van der Waals surface area contributed by atoms with Gasteiger partial charge in [0.2, 0.25) is 0 Å². The van der Waals surface area contributed by atoms with Crippen LogP contribution in [0.4, 0.5) is 0 Å². The van der Waals surface area contributed by atoms with Crippen molar-refractivity contribution in [2.24, 2.45) is 5.73 Å². The molecule has 0 bridgehead atoms. The normalized spacial score (nSPS) is 27.4. The summed E-state index contributed by atoms with van der Waals surface area (Å²) in [6.07, 6.45) is 5.54. The molecule has 1 aromatic carbocycles. The fourth-order valence-corrected chi connectivity index (χ4v) is 4.53. The Hall–Kier alpha value is -0.190. The van der Waals surface area contributed by atoms with Gasteiger partial charge in [0, 0.05) is 15.4 Å². The van der Waals surface area contributed by atoms with Crippen LogP contribution < -0.4 is 5.73 Å². The summed E-state index contributed by atoms with van der Waals surface area (Å²) in [6, 6.07) is 7.83. The minimum absolute atomic E-state index is 0.0808. The predicted octanol–water partition coefficient (Wildman–Crippen LogP) is 3.22. The van der Waals surface area contributed by atoms with Crippen LogP contribution in [0.3, 0.4) is 0 Å². The number of hydrogen-bond donors (Lipinski definition) is 1. The van der Waals surface area contributed by atoms with Gasteiger partial charge in [0.15, 0.2) is 0 Å². The monoisotopic (exact) mass is 315 g/mol. The molecular formula is C13H18BrNOS. The second-order valence-electron chi connectivity index (χ2n) is 4.60. The SMILES string of the molecule is NC1CCCCCC1S(=O)c1cccc(Br)c1. The minimum Gasteiger partial charge on any atom is -0.327 e. The molecule has 1 aromatic rings. The van der Waals surface area contributed by atoms with Crippen LogP contribution in [0.2, 0.25) is 0 Å². The molecular weight excluding hydrogens is 298 g/mol. The Kier molecular flexibility index (Phi) is 4.77. The molecule has 3 unspecified atom stereocenters. The Morgan fingerprint density at radius 2 is 2.00 bits per heavy atom. The van der Waals surface area contributed by atoms with Crippen molar-refractivity contribution in [2.45, 2.75) is 48.3 Å². The van der Waals surface area contributed by atoms with Crippen LogP contribution >= 0.6 is 15.9 Å². The van der Waals surface area contributed by atoms with E-state index in [0.717, 1.165) is 28.6 Å². The molecule has 3 atom stereocenters. The van der Waals surface area contributed by atoms with Crippen LogP contribution in [-0.4, -0.2) is 15.5 Å². The molecule has 1 aliphatic rings. The number of hydrogen-bond acceptors (Lipinski definition) is 2. The lowest BCUT2D eigenvalue weighted by Crippen LogP contribution is -2.36. The highest BCUT2D eigenvalue weighted by Gasteiger charge is 2.26. The zero-order valence-electron chi connectivity index (χ0n) is 9.77. The van der Waals surface area contributed by atoms with Crippen LogP contribution in [0.1, 0.15) is 32.1 Å². The van der Waals surface area contributed by atoms with E-state index in [4.69, 9.17) is 5.73 Å². The van der Waals surface area contributed by atoms with Crippen molar-refractivity contribution < 1.29 is 4.21 Å². The van der Waals surface area contributed by atoms with Crippen molar-refractivity contribution in [2.75, 3.05) is 0 Å². The summed E-state index contributed by atoms with van der Waals surface area (Å²) in [5.74, 6) is 0. The second-order valence-corrected chi connectivity index (χ2v) is 7.18. The third kappa shape index (κ3) is 3.39. The summed E-state index contributed by atoms with van der Waals surface area (Å²) in [5, 5.41) is 0.117. The average molecular weight is 316 g/mol. The summed E-state index contributed by atoms with van der Waals surface area (Å²) in [6.45, 7) is 0. The van der Waals surface area contributed by atoms with Gasteiger partial charge in [-0.3, -0.25) is 4.21 Å². The molecule has 0 amide bonds. The Morgan fingerprint density at radius 3 is 2.76 bits per heavy atom. The first-order chi connectivity index (χ1) is 8.18. The van der Waals surface area contributed by atoms with Gasteiger partial charge in [-0.25, -0.2) is 0 Å². The zero-order chi connectivity index (χ0) is 12.3. The molecule has 0 heterocycles. The Morgan fingerprint density at radius 1 is 1.24 bits per heavy atom. The molecule has 94 valence electrons. The minimum atomic E-state index is -0.976. The Labute approximate surface area is 114 Å². The fourth-order valence-electron chi connectivity index (χ4n) is 2.34. The highest BCUT2D eigenvalue weighted by Crippen LogP contribution is 2.25. The zero-order valence-corrected chi connectivity index (χ0v) is 12.2. The van der Waals surface area contributed by atoms with Crippen molar-refractivity contribution in [3.63, 3.8) is 0 Å². The molecule has 1 aliphatic carbocycles. The molecule has 0 aromatic heterocycles. The topological polar surface area (TPSA) is 43.1 Å². The molecule has 1 saturated carbocycles. The quantitative estimate of drug-likeness (QED) is 0.851. The molecule has 17 heavy (non-hydrogen) atoms. The van der Waals surface area contributed by atoms with Crippen molar-refractivity contribution in [1.82, 2.24) is 0 Å². The molecule has 2 rings (SSSR count). The molecule has 0 radical (unpaired) electrons. The van der Waals surface area contributed by atoms with Crippen molar-refractivity contribution >= 4 is 26.7 Å². The Bertz CT molecular complexity index is 410. The highest BCUT2D eigenvalue weighted by atomic mass is 79.9. The molecule has 4 heteroatoms. The van der Waals surface area contributed by atoms with Gasteiger partial charge in [0.05, 0.1) is 16.0 Å². The third-order valence-electron chi connectivity index (χ3n) is 3.31. The maximum absolute atomic E-state index is 12.5.